The molecule has 1 saturated heterocycles. The minimum Gasteiger partial charge on any atom is -0.480 e. The van der Waals surface area contributed by atoms with E-state index in [0.717, 1.165) is 19.4 Å². The summed E-state index contributed by atoms with van der Waals surface area (Å²) in [5.74, 6) is -0.881. The van der Waals surface area contributed by atoms with Crippen molar-refractivity contribution in [2.75, 3.05) is 13.2 Å². The average Bonchev–Trinajstić information content (AvgIpc) is 2.59. The molecule has 4 heteroatoms. The number of carboxylic acid groups (broad SMARTS) is 1. The maximum Gasteiger partial charge on any atom is 0.324 e. The van der Waals surface area contributed by atoms with E-state index in [1.54, 1.807) is 0 Å². The first kappa shape index (κ1) is 8.01. The van der Waals surface area contributed by atoms with Crippen molar-refractivity contribution in [2.45, 2.75) is 24.8 Å². The van der Waals surface area contributed by atoms with Crippen LogP contribution in [0.25, 0.3) is 0 Å². The second kappa shape index (κ2) is 2.20. The van der Waals surface area contributed by atoms with Crippen LogP contribution in [-0.4, -0.2) is 29.8 Å². The lowest BCUT2D eigenvalue weighted by molar-refractivity contribution is -0.141. The van der Waals surface area contributed by atoms with Gasteiger partial charge in [0.25, 0.3) is 0 Å². The third kappa shape index (κ3) is 0.820. The second-order valence-corrected chi connectivity index (χ2v) is 3.89. The number of nitrogens with two attached hydrogens (primary N) is 1. The van der Waals surface area contributed by atoms with E-state index < -0.39 is 11.5 Å². The third-order valence-corrected chi connectivity index (χ3v) is 3.14. The summed E-state index contributed by atoms with van der Waals surface area (Å²) in [5, 5.41) is 8.85. The SMILES string of the molecule is NC1(C(=O)O)CC12CCCOC2. The first-order chi connectivity index (χ1) is 5.61. The van der Waals surface area contributed by atoms with Gasteiger partial charge in [0, 0.05) is 12.0 Å². The minimum absolute atomic E-state index is 0.239. The van der Waals surface area contributed by atoms with E-state index in [9.17, 15) is 4.79 Å². The van der Waals surface area contributed by atoms with Crippen molar-refractivity contribution >= 4 is 5.97 Å². The summed E-state index contributed by atoms with van der Waals surface area (Å²) >= 11 is 0. The average molecular weight is 171 g/mol. The quantitative estimate of drug-likeness (QED) is 0.581. The smallest absolute Gasteiger partial charge is 0.324 e. The lowest BCUT2D eigenvalue weighted by atomic mass is 9.93. The van der Waals surface area contributed by atoms with Gasteiger partial charge in [-0.1, -0.05) is 0 Å². The summed E-state index contributed by atoms with van der Waals surface area (Å²) < 4.78 is 5.25. The molecule has 2 rings (SSSR count). The van der Waals surface area contributed by atoms with Crippen LogP contribution in [0.4, 0.5) is 0 Å². The van der Waals surface area contributed by atoms with Crippen molar-refractivity contribution in [1.29, 1.82) is 0 Å². The first-order valence-corrected chi connectivity index (χ1v) is 4.21. The molecule has 2 aliphatic rings. The van der Waals surface area contributed by atoms with Gasteiger partial charge in [-0.2, -0.15) is 0 Å². The van der Waals surface area contributed by atoms with Gasteiger partial charge < -0.3 is 15.6 Å². The van der Waals surface area contributed by atoms with Gasteiger partial charge in [0.1, 0.15) is 5.54 Å². The highest BCUT2D eigenvalue weighted by atomic mass is 16.5. The lowest BCUT2D eigenvalue weighted by Gasteiger charge is -2.24. The Hall–Kier alpha value is -0.610. The Bertz CT molecular complexity index is 222. The molecule has 0 aromatic heterocycles. The monoisotopic (exact) mass is 171 g/mol. The highest BCUT2D eigenvalue weighted by Crippen LogP contribution is 2.59. The van der Waals surface area contributed by atoms with Gasteiger partial charge in [0.15, 0.2) is 0 Å². The van der Waals surface area contributed by atoms with E-state index in [4.69, 9.17) is 15.6 Å². The van der Waals surface area contributed by atoms with E-state index in [-0.39, 0.29) is 5.41 Å². The van der Waals surface area contributed by atoms with Crippen LogP contribution >= 0.6 is 0 Å². The molecule has 1 saturated carbocycles. The topological polar surface area (TPSA) is 72.6 Å². The maximum atomic E-state index is 10.8. The number of rotatable bonds is 1. The number of ether oxygens (including phenoxy) is 1. The number of carbonyl (C=O) groups is 1. The van der Waals surface area contributed by atoms with Crippen LogP contribution in [0.1, 0.15) is 19.3 Å². The summed E-state index contributed by atoms with van der Waals surface area (Å²) in [6, 6.07) is 0. The molecule has 68 valence electrons. The Kier molecular flexibility index (Phi) is 1.47. The van der Waals surface area contributed by atoms with Crippen molar-refractivity contribution in [1.82, 2.24) is 0 Å². The van der Waals surface area contributed by atoms with Crippen LogP contribution in [0.3, 0.4) is 0 Å². The number of carboxylic acids is 1. The third-order valence-electron chi connectivity index (χ3n) is 3.14. The Morgan fingerprint density at radius 3 is 2.75 bits per heavy atom. The van der Waals surface area contributed by atoms with Crippen molar-refractivity contribution in [3.8, 4) is 0 Å². The molecule has 1 aliphatic heterocycles. The minimum atomic E-state index is -0.993. The van der Waals surface area contributed by atoms with Crippen LogP contribution in [0.5, 0.6) is 0 Å². The summed E-state index contributed by atoms with van der Waals surface area (Å²) in [6.45, 7) is 1.27. The maximum absolute atomic E-state index is 10.8. The molecule has 1 heterocycles. The fourth-order valence-corrected chi connectivity index (χ4v) is 2.14. The van der Waals surface area contributed by atoms with Gasteiger partial charge in [-0.15, -0.1) is 0 Å². The fraction of sp³-hybridized carbons (Fsp3) is 0.875. The van der Waals surface area contributed by atoms with Crippen molar-refractivity contribution in [2.24, 2.45) is 11.1 Å². The Labute approximate surface area is 70.7 Å². The molecule has 1 spiro atoms. The summed E-state index contributed by atoms with van der Waals surface area (Å²) in [4.78, 5) is 10.8. The van der Waals surface area contributed by atoms with Crippen LogP contribution in [0, 0.1) is 5.41 Å². The summed E-state index contributed by atoms with van der Waals surface area (Å²) in [7, 11) is 0. The number of hydrogen-bond donors (Lipinski definition) is 2. The van der Waals surface area contributed by atoms with E-state index in [1.165, 1.54) is 0 Å². The molecule has 0 bridgehead atoms. The van der Waals surface area contributed by atoms with Crippen LogP contribution < -0.4 is 5.73 Å². The standard InChI is InChI=1S/C8H13NO3/c9-8(6(10)11)4-7(8)2-1-3-12-5-7/h1-5,9H2,(H,10,11). The van der Waals surface area contributed by atoms with Gasteiger partial charge in [-0.3, -0.25) is 4.79 Å². The zero-order valence-corrected chi connectivity index (χ0v) is 6.88. The van der Waals surface area contributed by atoms with E-state index in [2.05, 4.69) is 0 Å². The van der Waals surface area contributed by atoms with Gasteiger partial charge >= 0.3 is 5.97 Å². The summed E-state index contributed by atoms with van der Waals surface area (Å²) in [6.07, 6.45) is 2.41. The molecule has 0 aromatic carbocycles. The molecular weight excluding hydrogens is 158 g/mol. The van der Waals surface area contributed by atoms with E-state index in [0.29, 0.717) is 13.0 Å². The molecule has 3 N–H and O–H groups in total. The molecule has 0 aromatic rings. The molecule has 0 radical (unpaired) electrons. The number of hydrogen-bond acceptors (Lipinski definition) is 3. The fourth-order valence-electron chi connectivity index (χ4n) is 2.14. The summed E-state index contributed by atoms with van der Waals surface area (Å²) in [5.41, 5.74) is 4.49. The lowest BCUT2D eigenvalue weighted by Crippen LogP contribution is -2.42. The zero-order valence-electron chi connectivity index (χ0n) is 6.88. The van der Waals surface area contributed by atoms with Crippen molar-refractivity contribution in [3.05, 3.63) is 0 Å². The predicted molar refractivity (Wildman–Crippen MR) is 41.7 cm³/mol. The Balaban J connectivity index is 2.12. The van der Waals surface area contributed by atoms with Gasteiger partial charge in [0.05, 0.1) is 6.61 Å². The van der Waals surface area contributed by atoms with Gasteiger partial charge in [0.2, 0.25) is 0 Å². The van der Waals surface area contributed by atoms with Gasteiger partial charge in [-0.25, -0.2) is 0 Å². The second-order valence-electron chi connectivity index (χ2n) is 3.89. The molecule has 4 nitrogen and oxygen atoms in total. The largest absolute Gasteiger partial charge is 0.480 e. The molecular formula is C8H13NO3. The Morgan fingerprint density at radius 1 is 1.58 bits per heavy atom. The van der Waals surface area contributed by atoms with Crippen LogP contribution in [0.2, 0.25) is 0 Å². The number of aliphatic carboxylic acids is 1. The molecule has 2 unspecified atom stereocenters. The van der Waals surface area contributed by atoms with Crippen molar-refractivity contribution < 1.29 is 14.6 Å². The van der Waals surface area contributed by atoms with Crippen molar-refractivity contribution in [3.63, 3.8) is 0 Å². The molecule has 2 atom stereocenters. The highest BCUT2D eigenvalue weighted by molar-refractivity contribution is 5.84. The van der Waals surface area contributed by atoms with Gasteiger partial charge in [-0.05, 0) is 19.3 Å². The first-order valence-electron chi connectivity index (χ1n) is 4.21. The molecule has 12 heavy (non-hydrogen) atoms. The van der Waals surface area contributed by atoms with Crippen LogP contribution in [0.15, 0.2) is 0 Å². The molecule has 0 amide bonds. The van der Waals surface area contributed by atoms with Crippen LogP contribution in [-0.2, 0) is 9.53 Å². The highest BCUT2D eigenvalue weighted by Gasteiger charge is 2.70. The predicted octanol–water partition coefficient (Wildman–Crippen LogP) is -0.0310. The normalized spacial score (nSPS) is 46.1. The molecule has 2 fully saturated rings. The molecule has 1 aliphatic carbocycles. The Morgan fingerprint density at radius 2 is 2.33 bits per heavy atom. The van der Waals surface area contributed by atoms with E-state index >= 15 is 0 Å². The van der Waals surface area contributed by atoms with E-state index in [1.807, 2.05) is 0 Å². The zero-order chi connectivity index (χ0) is 8.82.